The smallest absolute Gasteiger partial charge is 0.219 e. The molecule has 0 bridgehead atoms. The van der Waals surface area contributed by atoms with Crippen LogP contribution in [0.5, 0.6) is 5.75 Å². The van der Waals surface area contributed by atoms with Crippen molar-refractivity contribution in [2.45, 2.75) is 39.3 Å². The Morgan fingerprint density at radius 1 is 1.39 bits per heavy atom. The molecule has 0 heterocycles. The molecule has 1 atom stereocenters. The average Bonchev–Trinajstić information content (AvgIpc) is 2.21. The number of anilines is 2. The van der Waals surface area contributed by atoms with E-state index in [-0.39, 0.29) is 24.5 Å². The summed E-state index contributed by atoms with van der Waals surface area (Å²) in [5, 5.41) is 3.18. The van der Waals surface area contributed by atoms with E-state index >= 15 is 0 Å². The second-order valence-corrected chi connectivity index (χ2v) is 4.64. The number of hydrogen-bond acceptors (Lipinski definition) is 4. The van der Waals surface area contributed by atoms with Gasteiger partial charge in [0, 0.05) is 24.2 Å². The Morgan fingerprint density at radius 2 is 2.06 bits per heavy atom. The first-order valence-corrected chi connectivity index (χ1v) is 5.99. The molecule has 0 aliphatic heterocycles. The number of carbonyl (C=O) groups is 1. The Hall–Kier alpha value is -1.91. The molecule has 5 N–H and O–H groups in total. The number of nitrogens with one attached hydrogen (secondary N) is 1. The van der Waals surface area contributed by atoms with Gasteiger partial charge in [-0.1, -0.05) is 0 Å². The number of primary amides is 1. The molecule has 0 spiro atoms. The van der Waals surface area contributed by atoms with Gasteiger partial charge in [-0.2, -0.15) is 0 Å². The fourth-order valence-electron chi connectivity index (χ4n) is 1.62. The maximum Gasteiger partial charge on any atom is 0.219 e. The molecular weight excluding hydrogens is 230 g/mol. The number of nitrogens with two attached hydrogens (primary N) is 2. The van der Waals surface area contributed by atoms with Gasteiger partial charge in [-0.25, -0.2) is 0 Å². The number of ether oxygens (including phenoxy) is 1. The highest BCUT2D eigenvalue weighted by molar-refractivity contribution is 5.75. The van der Waals surface area contributed by atoms with Crippen molar-refractivity contribution < 1.29 is 9.53 Å². The zero-order valence-corrected chi connectivity index (χ0v) is 11.1. The van der Waals surface area contributed by atoms with Crippen LogP contribution in [0.15, 0.2) is 18.2 Å². The van der Waals surface area contributed by atoms with Crippen LogP contribution in [0.2, 0.25) is 0 Å². The van der Waals surface area contributed by atoms with Gasteiger partial charge < -0.3 is 21.5 Å². The Balaban J connectivity index is 2.75. The average molecular weight is 251 g/mol. The first-order valence-electron chi connectivity index (χ1n) is 5.99. The maximum atomic E-state index is 10.8. The molecule has 0 radical (unpaired) electrons. The summed E-state index contributed by atoms with van der Waals surface area (Å²) >= 11 is 0. The Bertz CT molecular complexity index is 419. The highest BCUT2D eigenvalue weighted by Gasteiger charge is 2.08. The molecule has 18 heavy (non-hydrogen) atoms. The van der Waals surface area contributed by atoms with Gasteiger partial charge >= 0.3 is 0 Å². The van der Waals surface area contributed by atoms with E-state index in [9.17, 15) is 4.79 Å². The lowest BCUT2D eigenvalue weighted by atomic mass is 10.2. The van der Waals surface area contributed by atoms with E-state index in [0.717, 1.165) is 5.69 Å². The summed E-state index contributed by atoms with van der Waals surface area (Å²) in [4.78, 5) is 10.8. The minimum atomic E-state index is -0.330. The van der Waals surface area contributed by atoms with Gasteiger partial charge in [0.15, 0.2) is 0 Å². The van der Waals surface area contributed by atoms with Gasteiger partial charge in [0.25, 0.3) is 0 Å². The number of rotatable bonds is 6. The van der Waals surface area contributed by atoms with Crippen molar-refractivity contribution in [1.82, 2.24) is 0 Å². The van der Waals surface area contributed by atoms with E-state index in [1.165, 1.54) is 0 Å². The molecule has 1 aromatic carbocycles. The molecule has 0 saturated carbocycles. The van der Waals surface area contributed by atoms with Crippen LogP contribution in [0.3, 0.4) is 0 Å². The van der Waals surface area contributed by atoms with E-state index in [4.69, 9.17) is 16.2 Å². The molecule has 100 valence electrons. The number of amides is 1. The second kappa shape index (κ2) is 6.14. The van der Waals surface area contributed by atoms with Crippen molar-refractivity contribution in [2.75, 3.05) is 11.1 Å². The monoisotopic (exact) mass is 251 g/mol. The van der Waals surface area contributed by atoms with Gasteiger partial charge in [-0.3, -0.25) is 4.79 Å². The normalized spacial score (nSPS) is 12.2. The predicted molar refractivity (Wildman–Crippen MR) is 73.5 cm³/mol. The quantitative estimate of drug-likeness (QED) is 0.671. The first-order chi connectivity index (χ1) is 8.38. The van der Waals surface area contributed by atoms with E-state index in [1.807, 2.05) is 32.9 Å². The number of benzene rings is 1. The van der Waals surface area contributed by atoms with Crippen LogP contribution in [-0.2, 0) is 4.79 Å². The SMILES string of the molecule is CC(CC(N)=O)Nc1ccc(N)c(OC(C)C)c1. The summed E-state index contributed by atoms with van der Waals surface area (Å²) in [6, 6.07) is 5.42. The van der Waals surface area contributed by atoms with Crippen molar-refractivity contribution in [3.63, 3.8) is 0 Å². The van der Waals surface area contributed by atoms with Gasteiger partial charge in [0.1, 0.15) is 5.75 Å². The topological polar surface area (TPSA) is 90.4 Å². The highest BCUT2D eigenvalue weighted by Crippen LogP contribution is 2.27. The zero-order chi connectivity index (χ0) is 13.7. The molecule has 0 aromatic heterocycles. The van der Waals surface area contributed by atoms with Gasteiger partial charge in [-0.15, -0.1) is 0 Å². The lowest BCUT2D eigenvalue weighted by Crippen LogP contribution is -2.24. The van der Waals surface area contributed by atoms with E-state index < -0.39 is 0 Å². The van der Waals surface area contributed by atoms with Crippen molar-refractivity contribution in [2.24, 2.45) is 5.73 Å². The molecule has 0 saturated heterocycles. The highest BCUT2D eigenvalue weighted by atomic mass is 16.5. The van der Waals surface area contributed by atoms with E-state index in [1.54, 1.807) is 6.07 Å². The molecule has 1 amide bonds. The molecule has 1 rings (SSSR count). The number of hydrogen-bond donors (Lipinski definition) is 3. The summed E-state index contributed by atoms with van der Waals surface area (Å²) in [7, 11) is 0. The predicted octanol–water partition coefficient (Wildman–Crippen LogP) is 1.73. The minimum absolute atomic E-state index is 0.0296. The van der Waals surface area contributed by atoms with Crippen molar-refractivity contribution in [3.05, 3.63) is 18.2 Å². The van der Waals surface area contributed by atoms with Crippen molar-refractivity contribution in [3.8, 4) is 5.75 Å². The van der Waals surface area contributed by atoms with Crippen LogP contribution in [0, 0.1) is 0 Å². The Labute approximate surface area is 107 Å². The zero-order valence-electron chi connectivity index (χ0n) is 11.1. The van der Waals surface area contributed by atoms with Gasteiger partial charge in [-0.05, 0) is 32.9 Å². The summed E-state index contributed by atoms with van der Waals surface area (Å²) < 4.78 is 5.59. The molecule has 0 aliphatic rings. The van der Waals surface area contributed by atoms with E-state index in [0.29, 0.717) is 11.4 Å². The van der Waals surface area contributed by atoms with Crippen molar-refractivity contribution >= 4 is 17.3 Å². The van der Waals surface area contributed by atoms with Crippen LogP contribution in [0.25, 0.3) is 0 Å². The van der Waals surface area contributed by atoms with E-state index in [2.05, 4.69) is 5.32 Å². The minimum Gasteiger partial charge on any atom is -0.489 e. The third-order valence-electron chi connectivity index (χ3n) is 2.30. The standard InChI is InChI=1S/C13H21N3O2/c1-8(2)18-12-7-10(4-5-11(12)14)16-9(3)6-13(15)17/h4-5,7-9,16H,6,14H2,1-3H3,(H2,15,17). The first kappa shape index (κ1) is 14.2. The maximum absolute atomic E-state index is 10.8. The van der Waals surface area contributed by atoms with Gasteiger partial charge in [0.05, 0.1) is 11.8 Å². The molecule has 5 nitrogen and oxygen atoms in total. The van der Waals surface area contributed by atoms with Crippen LogP contribution >= 0.6 is 0 Å². The lowest BCUT2D eigenvalue weighted by Gasteiger charge is -2.17. The van der Waals surface area contributed by atoms with Crippen molar-refractivity contribution in [1.29, 1.82) is 0 Å². The Kier molecular flexibility index (Phi) is 4.83. The second-order valence-electron chi connectivity index (χ2n) is 4.64. The van der Waals surface area contributed by atoms with Crippen LogP contribution in [-0.4, -0.2) is 18.1 Å². The Morgan fingerprint density at radius 3 is 2.61 bits per heavy atom. The third kappa shape index (κ3) is 4.53. The molecule has 0 aliphatic carbocycles. The summed E-state index contributed by atoms with van der Waals surface area (Å²) in [5.74, 6) is 0.311. The van der Waals surface area contributed by atoms with Crippen LogP contribution in [0.1, 0.15) is 27.2 Å². The molecule has 0 fully saturated rings. The third-order valence-corrected chi connectivity index (χ3v) is 2.30. The van der Waals surface area contributed by atoms with Crippen LogP contribution < -0.4 is 21.5 Å². The number of nitrogen functional groups attached to an aromatic ring is 1. The summed E-state index contributed by atoms with van der Waals surface area (Å²) in [5.41, 5.74) is 12.4. The fourth-order valence-corrected chi connectivity index (χ4v) is 1.62. The van der Waals surface area contributed by atoms with Gasteiger partial charge in [0.2, 0.25) is 5.91 Å². The molecule has 1 unspecified atom stereocenters. The molecule has 1 aromatic rings. The fraction of sp³-hybridized carbons (Fsp3) is 0.462. The van der Waals surface area contributed by atoms with Crippen LogP contribution in [0.4, 0.5) is 11.4 Å². The lowest BCUT2D eigenvalue weighted by molar-refractivity contribution is -0.118. The number of carbonyl (C=O) groups excluding carboxylic acids is 1. The summed E-state index contributed by atoms with van der Waals surface area (Å²) in [6.45, 7) is 5.77. The largest absolute Gasteiger partial charge is 0.489 e. The molecule has 5 heteroatoms. The summed E-state index contributed by atoms with van der Waals surface area (Å²) in [6.07, 6.45) is 0.343. The molecular formula is C13H21N3O2.